The summed E-state index contributed by atoms with van der Waals surface area (Å²) in [5, 5.41) is 7.87. The van der Waals surface area contributed by atoms with Gasteiger partial charge in [0, 0.05) is 24.7 Å². The summed E-state index contributed by atoms with van der Waals surface area (Å²) in [4.78, 5) is 0. The third-order valence-electron chi connectivity index (χ3n) is 3.70. The third kappa shape index (κ3) is 3.48. The molecule has 0 saturated heterocycles. The van der Waals surface area contributed by atoms with Gasteiger partial charge in [-0.2, -0.15) is 5.10 Å². The largest absolute Gasteiger partial charge is 0.319 e. The van der Waals surface area contributed by atoms with E-state index in [1.807, 2.05) is 7.05 Å². The molecule has 0 amide bonds. The molecule has 3 nitrogen and oxygen atoms in total. The molecule has 0 saturated carbocycles. The van der Waals surface area contributed by atoms with Crippen LogP contribution in [0.15, 0.2) is 30.3 Å². The van der Waals surface area contributed by atoms with E-state index in [-0.39, 0.29) is 0 Å². The van der Waals surface area contributed by atoms with E-state index < -0.39 is 0 Å². The summed E-state index contributed by atoms with van der Waals surface area (Å²) in [6, 6.07) is 11.0. The molecule has 2 rings (SSSR count). The summed E-state index contributed by atoms with van der Waals surface area (Å²) in [6.45, 7) is 8.28. The van der Waals surface area contributed by atoms with Crippen LogP contribution >= 0.6 is 0 Å². The van der Waals surface area contributed by atoms with Crippen LogP contribution in [0.4, 0.5) is 0 Å². The molecule has 108 valence electrons. The highest BCUT2D eigenvalue weighted by Crippen LogP contribution is 2.22. The van der Waals surface area contributed by atoms with Gasteiger partial charge in [0.2, 0.25) is 0 Å². The summed E-state index contributed by atoms with van der Waals surface area (Å²) < 4.78 is 2.12. The van der Waals surface area contributed by atoms with Crippen LogP contribution in [0.5, 0.6) is 0 Å². The molecular weight excluding hydrogens is 246 g/mol. The van der Waals surface area contributed by atoms with Gasteiger partial charge in [-0.1, -0.05) is 29.8 Å². The van der Waals surface area contributed by atoms with Gasteiger partial charge in [-0.15, -0.1) is 0 Å². The number of hydrogen-bond donors (Lipinski definition) is 1. The zero-order chi connectivity index (χ0) is 14.5. The number of rotatable bonds is 6. The van der Waals surface area contributed by atoms with Gasteiger partial charge < -0.3 is 5.32 Å². The standard InChI is InChI=1S/C17H25N3/c1-5-20-17(10-14(3)19-20)11-16(12-18-4)15-8-6-7-13(2)9-15/h6-10,16,18H,5,11-12H2,1-4H3. The maximum absolute atomic E-state index is 4.55. The fourth-order valence-corrected chi connectivity index (χ4v) is 2.77. The van der Waals surface area contributed by atoms with Crippen LogP contribution in [0, 0.1) is 13.8 Å². The van der Waals surface area contributed by atoms with E-state index in [9.17, 15) is 0 Å². The topological polar surface area (TPSA) is 29.9 Å². The van der Waals surface area contributed by atoms with E-state index in [0.717, 1.165) is 25.2 Å². The van der Waals surface area contributed by atoms with E-state index >= 15 is 0 Å². The quantitative estimate of drug-likeness (QED) is 0.875. The Bertz CT molecular complexity index is 557. The Morgan fingerprint density at radius 2 is 2.05 bits per heavy atom. The number of aryl methyl sites for hydroxylation is 3. The second kappa shape index (κ2) is 6.71. The van der Waals surface area contributed by atoms with Gasteiger partial charge >= 0.3 is 0 Å². The summed E-state index contributed by atoms with van der Waals surface area (Å²) >= 11 is 0. The average molecular weight is 271 g/mol. The third-order valence-corrected chi connectivity index (χ3v) is 3.70. The Labute approximate surface area is 122 Å². The highest BCUT2D eigenvalue weighted by molar-refractivity contribution is 5.27. The summed E-state index contributed by atoms with van der Waals surface area (Å²) in [7, 11) is 2.02. The number of likely N-dealkylation sites (N-methyl/N-ethyl adjacent to an activating group) is 1. The average Bonchev–Trinajstić information content (AvgIpc) is 2.78. The Balaban J connectivity index is 2.25. The van der Waals surface area contributed by atoms with Gasteiger partial charge in [0.15, 0.2) is 0 Å². The van der Waals surface area contributed by atoms with Crippen molar-refractivity contribution in [1.29, 1.82) is 0 Å². The van der Waals surface area contributed by atoms with Crippen molar-refractivity contribution in [2.75, 3.05) is 13.6 Å². The van der Waals surface area contributed by atoms with Crippen molar-refractivity contribution in [2.24, 2.45) is 0 Å². The van der Waals surface area contributed by atoms with E-state index in [1.54, 1.807) is 0 Å². The van der Waals surface area contributed by atoms with E-state index in [4.69, 9.17) is 0 Å². The molecule has 0 aliphatic carbocycles. The molecule has 1 unspecified atom stereocenters. The van der Waals surface area contributed by atoms with Gasteiger partial charge in [-0.05, 0) is 45.9 Å². The van der Waals surface area contributed by atoms with E-state index in [1.165, 1.54) is 16.8 Å². The van der Waals surface area contributed by atoms with Gasteiger partial charge in [0.1, 0.15) is 0 Å². The van der Waals surface area contributed by atoms with Crippen molar-refractivity contribution in [1.82, 2.24) is 15.1 Å². The molecule has 1 aromatic heterocycles. The summed E-state index contributed by atoms with van der Waals surface area (Å²) in [6.07, 6.45) is 1.03. The lowest BCUT2D eigenvalue weighted by Crippen LogP contribution is -2.20. The van der Waals surface area contributed by atoms with Crippen LogP contribution in [-0.2, 0) is 13.0 Å². The molecule has 20 heavy (non-hydrogen) atoms. The summed E-state index contributed by atoms with van der Waals surface area (Å²) in [5.41, 5.74) is 5.16. The van der Waals surface area contributed by atoms with Crippen molar-refractivity contribution in [3.8, 4) is 0 Å². The molecular formula is C17H25N3. The second-order valence-corrected chi connectivity index (χ2v) is 5.47. The molecule has 1 N–H and O–H groups in total. The lowest BCUT2D eigenvalue weighted by atomic mass is 9.93. The fourth-order valence-electron chi connectivity index (χ4n) is 2.77. The first-order valence-corrected chi connectivity index (χ1v) is 7.38. The minimum absolute atomic E-state index is 0.487. The van der Waals surface area contributed by atoms with Crippen LogP contribution in [-0.4, -0.2) is 23.4 Å². The van der Waals surface area contributed by atoms with Gasteiger partial charge in [0.25, 0.3) is 0 Å². The molecule has 2 aromatic rings. The second-order valence-electron chi connectivity index (χ2n) is 5.47. The van der Waals surface area contributed by atoms with Crippen molar-refractivity contribution in [3.63, 3.8) is 0 Å². The Hall–Kier alpha value is -1.61. The number of hydrogen-bond acceptors (Lipinski definition) is 2. The monoisotopic (exact) mass is 271 g/mol. The zero-order valence-corrected chi connectivity index (χ0v) is 13.0. The van der Waals surface area contributed by atoms with Gasteiger partial charge in [-0.25, -0.2) is 0 Å². The smallest absolute Gasteiger partial charge is 0.0596 e. The lowest BCUT2D eigenvalue weighted by Gasteiger charge is -2.18. The number of aromatic nitrogens is 2. The first-order valence-electron chi connectivity index (χ1n) is 7.38. The van der Waals surface area contributed by atoms with Crippen LogP contribution in [0.3, 0.4) is 0 Å². The molecule has 1 aromatic carbocycles. The van der Waals surface area contributed by atoms with Crippen molar-refractivity contribution < 1.29 is 0 Å². The zero-order valence-electron chi connectivity index (χ0n) is 13.0. The van der Waals surface area contributed by atoms with E-state index in [0.29, 0.717) is 5.92 Å². The molecule has 1 atom stereocenters. The van der Waals surface area contributed by atoms with Gasteiger partial charge in [-0.3, -0.25) is 4.68 Å². The highest BCUT2D eigenvalue weighted by Gasteiger charge is 2.15. The molecule has 0 radical (unpaired) electrons. The van der Waals surface area contributed by atoms with Crippen molar-refractivity contribution >= 4 is 0 Å². The lowest BCUT2D eigenvalue weighted by molar-refractivity contribution is 0.563. The fraction of sp³-hybridized carbons (Fsp3) is 0.471. The highest BCUT2D eigenvalue weighted by atomic mass is 15.3. The Morgan fingerprint density at radius 3 is 2.70 bits per heavy atom. The summed E-state index contributed by atoms with van der Waals surface area (Å²) in [5.74, 6) is 0.487. The van der Waals surface area contributed by atoms with Gasteiger partial charge in [0.05, 0.1) is 5.69 Å². The van der Waals surface area contributed by atoms with Crippen LogP contribution in [0.1, 0.15) is 35.4 Å². The van der Waals surface area contributed by atoms with Crippen LogP contribution < -0.4 is 5.32 Å². The normalized spacial score (nSPS) is 12.6. The van der Waals surface area contributed by atoms with Crippen LogP contribution in [0.25, 0.3) is 0 Å². The molecule has 0 spiro atoms. The first kappa shape index (κ1) is 14.8. The predicted octanol–water partition coefficient (Wildman–Crippen LogP) is 3.07. The van der Waals surface area contributed by atoms with E-state index in [2.05, 4.69) is 66.2 Å². The molecule has 0 bridgehead atoms. The maximum atomic E-state index is 4.55. The Morgan fingerprint density at radius 1 is 1.25 bits per heavy atom. The number of nitrogens with one attached hydrogen (secondary N) is 1. The minimum Gasteiger partial charge on any atom is -0.319 e. The minimum atomic E-state index is 0.487. The van der Waals surface area contributed by atoms with Crippen molar-refractivity contribution in [3.05, 3.63) is 52.8 Å². The predicted molar refractivity (Wildman–Crippen MR) is 84.2 cm³/mol. The first-order chi connectivity index (χ1) is 9.63. The van der Waals surface area contributed by atoms with Crippen LogP contribution in [0.2, 0.25) is 0 Å². The number of nitrogens with zero attached hydrogens (tertiary/aromatic N) is 2. The Kier molecular flexibility index (Phi) is 4.96. The SMILES string of the molecule is CCn1nc(C)cc1CC(CNC)c1cccc(C)c1. The number of benzene rings is 1. The van der Waals surface area contributed by atoms with Crippen molar-refractivity contribution in [2.45, 2.75) is 39.7 Å². The molecule has 1 heterocycles. The molecule has 0 aliphatic heterocycles. The molecule has 0 aliphatic rings. The molecule has 3 heteroatoms. The maximum Gasteiger partial charge on any atom is 0.0596 e. The molecule has 0 fully saturated rings.